The van der Waals surface area contributed by atoms with E-state index >= 15 is 0 Å². The van der Waals surface area contributed by atoms with Crippen molar-refractivity contribution in [1.29, 1.82) is 0 Å². The first-order valence-corrected chi connectivity index (χ1v) is 13.5. The van der Waals surface area contributed by atoms with Gasteiger partial charge in [-0.3, -0.25) is 14.4 Å². The van der Waals surface area contributed by atoms with Crippen molar-refractivity contribution in [3.63, 3.8) is 0 Å². The van der Waals surface area contributed by atoms with Crippen LogP contribution in [0.3, 0.4) is 0 Å². The van der Waals surface area contributed by atoms with Crippen molar-refractivity contribution in [2.45, 2.75) is 62.3 Å². The third-order valence-electron chi connectivity index (χ3n) is 6.31. The van der Waals surface area contributed by atoms with Crippen LogP contribution in [-0.2, 0) is 6.54 Å². The maximum Gasteiger partial charge on any atom is 0.264 e. The lowest BCUT2D eigenvalue weighted by Crippen LogP contribution is -2.38. The Balaban J connectivity index is 1.21. The van der Waals surface area contributed by atoms with Crippen LogP contribution >= 0.6 is 39.5 Å². The van der Waals surface area contributed by atoms with Gasteiger partial charge in [0.2, 0.25) is 5.88 Å². The maximum atomic E-state index is 14.9. The van der Waals surface area contributed by atoms with E-state index in [1.807, 2.05) is 0 Å². The molecule has 1 aliphatic heterocycles. The Morgan fingerprint density at radius 2 is 1.97 bits per heavy atom. The van der Waals surface area contributed by atoms with E-state index in [-0.39, 0.29) is 17.6 Å². The molecular formula is C24H26BrClFN3O2S. The van der Waals surface area contributed by atoms with Gasteiger partial charge in [0.1, 0.15) is 16.9 Å². The fraction of sp³-hybridized carbons (Fsp3) is 0.500. The number of carbonyl (C=O) groups is 1. The predicted molar refractivity (Wildman–Crippen MR) is 132 cm³/mol. The van der Waals surface area contributed by atoms with Gasteiger partial charge in [0.05, 0.1) is 5.56 Å². The van der Waals surface area contributed by atoms with Gasteiger partial charge in [0.15, 0.2) is 0 Å². The van der Waals surface area contributed by atoms with Crippen molar-refractivity contribution < 1.29 is 13.9 Å². The maximum absolute atomic E-state index is 14.9. The zero-order chi connectivity index (χ0) is 22.9. The molecular weight excluding hydrogens is 529 g/mol. The number of aromatic nitrogens is 1. The summed E-state index contributed by atoms with van der Waals surface area (Å²) in [7, 11) is 0. The van der Waals surface area contributed by atoms with Crippen LogP contribution in [0.15, 0.2) is 28.9 Å². The zero-order valence-electron chi connectivity index (χ0n) is 18.2. The number of hydrogen-bond acceptors (Lipinski definition) is 5. The van der Waals surface area contributed by atoms with Gasteiger partial charge in [-0.15, -0.1) is 0 Å². The first-order valence-electron chi connectivity index (χ1n) is 11.4. The summed E-state index contributed by atoms with van der Waals surface area (Å²) in [4.78, 5) is 19.1. The normalized spacial score (nSPS) is 19.5. The molecule has 1 aromatic heterocycles. The lowest BCUT2D eigenvalue weighted by atomic mass is 9.97. The number of rotatable bonds is 8. The molecule has 33 heavy (non-hydrogen) atoms. The van der Waals surface area contributed by atoms with Gasteiger partial charge in [0, 0.05) is 35.6 Å². The second-order valence-electron chi connectivity index (χ2n) is 9.09. The number of hydrogen-bond donors (Lipinski definition) is 1. The lowest BCUT2D eigenvalue weighted by Gasteiger charge is -2.32. The van der Waals surface area contributed by atoms with Gasteiger partial charge in [-0.25, -0.2) is 9.37 Å². The van der Waals surface area contributed by atoms with E-state index < -0.39 is 5.82 Å². The summed E-state index contributed by atoms with van der Waals surface area (Å²) in [6, 6.07) is 5.15. The number of pyridine rings is 1. The first-order chi connectivity index (χ1) is 16.0. The monoisotopic (exact) mass is 553 g/mol. The van der Waals surface area contributed by atoms with E-state index in [2.05, 4.69) is 30.5 Å². The highest BCUT2D eigenvalue weighted by molar-refractivity contribution is 9.10. The molecule has 2 aliphatic carbocycles. The van der Waals surface area contributed by atoms with Gasteiger partial charge in [-0.2, -0.15) is 0 Å². The number of halogens is 3. The van der Waals surface area contributed by atoms with Crippen molar-refractivity contribution in [2.24, 2.45) is 0 Å². The lowest BCUT2D eigenvalue weighted by molar-refractivity contribution is 0.0929. The average Bonchev–Trinajstić information content (AvgIpc) is 3.69. The summed E-state index contributed by atoms with van der Waals surface area (Å²) >= 11 is 11.0. The molecule has 1 saturated heterocycles. The molecule has 0 unspecified atom stereocenters. The van der Waals surface area contributed by atoms with Crippen LogP contribution in [0.1, 0.15) is 65.9 Å². The van der Waals surface area contributed by atoms with Crippen LogP contribution < -0.4 is 9.46 Å². The van der Waals surface area contributed by atoms with Crippen molar-refractivity contribution in [2.75, 3.05) is 13.1 Å². The van der Waals surface area contributed by atoms with Crippen LogP contribution in [0, 0.1) is 5.82 Å². The minimum Gasteiger partial charge on any atom is -0.473 e. The fourth-order valence-electron chi connectivity index (χ4n) is 4.17. The van der Waals surface area contributed by atoms with Gasteiger partial charge in [0.25, 0.3) is 5.91 Å². The molecule has 2 heterocycles. The molecule has 0 atom stereocenters. The fourth-order valence-corrected chi connectivity index (χ4v) is 5.60. The average molecular weight is 555 g/mol. The molecule has 2 saturated carbocycles. The van der Waals surface area contributed by atoms with Crippen molar-refractivity contribution in [3.05, 3.63) is 56.4 Å². The highest BCUT2D eigenvalue weighted by atomic mass is 79.9. The summed E-state index contributed by atoms with van der Waals surface area (Å²) in [5, 5.41) is 0.984. The Labute approximate surface area is 211 Å². The van der Waals surface area contributed by atoms with E-state index in [0.29, 0.717) is 28.6 Å². The molecule has 5 nitrogen and oxygen atoms in total. The second kappa shape index (κ2) is 10.1. The van der Waals surface area contributed by atoms with Gasteiger partial charge >= 0.3 is 0 Å². The van der Waals surface area contributed by atoms with E-state index in [4.69, 9.17) is 16.3 Å². The van der Waals surface area contributed by atoms with E-state index in [0.717, 1.165) is 67.2 Å². The van der Waals surface area contributed by atoms with E-state index in [1.54, 1.807) is 24.4 Å². The molecule has 1 N–H and O–H groups in total. The number of likely N-dealkylation sites (tertiary alicyclic amines) is 1. The molecule has 3 aliphatic rings. The predicted octanol–water partition coefficient (Wildman–Crippen LogP) is 6.10. The SMILES string of the molecule is O=C(NSC1CC1)c1cc(C2CC2)c(CN2CCC(Oc3ncc(Br)cc3Cl)CC2)cc1F. The van der Waals surface area contributed by atoms with E-state index in [9.17, 15) is 9.18 Å². The van der Waals surface area contributed by atoms with Gasteiger partial charge in [-0.1, -0.05) is 11.6 Å². The number of ether oxygens (including phenoxy) is 1. The van der Waals surface area contributed by atoms with E-state index in [1.165, 1.54) is 11.9 Å². The number of piperidine rings is 1. The molecule has 3 fully saturated rings. The molecule has 0 spiro atoms. The Morgan fingerprint density at radius 3 is 2.64 bits per heavy atom. The summed E-state index contributed by atoms with van der Waals surface area (Å²) < 4.78 is 24.6. The summed E-state index contributed by atoms with van der Waals surface area (Å²) in [5.74, 6) is 0.147. The Bertz CT molecular complexity index is 1040. The second-order valence-corrected chi connectivity index (χ2v) is 11.5. The van der Waals surface area contributed by atoms with Gasteiger partial charge < -0.3 is 4.74 Å². The van der Waals surface area contributed by atoms with Crippen molar-refractivity contribution >= 4 is 45.4 Å². The summed E-state index contributed by atoms with van der Waals surface area (Å²) in [5.41, 5.74) is 2.29. The highest BCUT2D eigenvalue weighted by Crippen LogP contribution is 2.43. The minimum atomic E-state index is -0.433. The number of nitrogens with zero attached hydrogens (tertiary/aromatic N) is 2. The van der Waals surface area contributed by atoms with Crippen molar-refractivity contribution in [3.8, 4) is 5.88 Å². The molecule has 1 amide bonds. The summed E-state index contributed by atoms with van der Waals surface area (Å²) in [6.45, 7) is 2.39. The molecule has 5 rings (SSSR count). The zero-order valence-corrected chi connectivity index (χ0v) is 21.3. The van der Waals surface area contributed by atoms with Gasteiger partial charge in [-0.05, 0) is 102 Å². The molecule has 9 heteroatoms. The third kappa shape index (κ3) is 6.02. The number of benzene rings is 1. The molecule has 0 radical (unpaired) electrons. The van der Waals surface area contributed by atoms with Crippen LogP contribution in [0.4, 0.5) is 4.39 Å². The molecule has 176 valence electrons. The van der Waals surface area contributed by atoms with Crippen LogP contribution in [0.5, 0.6) is 5.88 Å². The molecule has 2 aromatic rings. The largest absolute Gasteiger partial charge is 0.473 e. The Morgan fingerprint density at radius 1 is 1.21 bits per heavy atom. The quantitative estimate of drug-likeness (QED) is 0.400. The van der Waals surface area contributed by atoms with Crippen LogP contribution in [-0.4, -0.2) is 40.2 Å². The number of nitrogens with one attached hydrogen (secondary N) is 1. The topological polar surface area (TPSA) is 54.5 Å². The smallest absolute Gasteiger partial charge is 0.264 e. The summed E-state index contributed by atoms with van der Waals surface area (Å²) in [6.07, 6.45) is 7.90. The van der Waals surface area contributed by atoms with Crippen LogP contribution in [0.2, 0.25) is 5.02 Å². The van der Waals surface area contributed by atoms with Crippen LogP contribution in [0.25, 0.3) is 0 Å². The highest BCUT2D eigenvalue weighted by Gasteiger charge is 2.31. The Kier molecular flexibility index (Phi) is 7.16. The minimum absolute atomic E-state index is 0.0575. The first kappa shape index (κ1) is 23.4. The third-order valence-corrected chi connectivity index (χ3v) is 8.13. The molecule has 0 bridgehead atoms. The Hall–Kier alpha value is -1.35. The number of amides is 1. The van der Waals surface area contributed by atoms with Crippen molar-refractivity contribution in [1.82, 2.24) is 14.6 Å². The standard InChI is InChI=1S/C24H26BrClFN3O2S/c25-16-10-21(26)24(28-12-16)32-17-5-7-30(8-6-17)13-15-9-22(27)20(11-19(15)14-1-2-14)23(31)29-33-18-3-4-18/h9-12,14,17-18H,1-8,13H2,(H,29,31). The number of carbonyl (C=O) groups excluding carboxylic acids is 1. The molecule has 1 aromatic carbocycles.